The molecular formula is C42H46F2N2O10S2. The first-order chi connectivity index (χ1) is 27.5. The van der Waals surface area contributed by atoms with Gasteiger partial charge in [0.1, 0.15) is 12.8 Å². The van der Waals surface area contributed by atoms with Crippen LogP contribution >= 0.6 is 23.5 Å². The maximum atomic E-state index is 17.7. The van der Waals surface area contributed by atoms with Crippen molar-refractivity contribution < 1.29 is 57.5 Å². The number of carboxylic acid groups (broad SMARTS) is 1. The van der Waals surface area contributed by atoms with Crippen molar-refractivity contribution in [3.8, 4) is 0 Å². The van der Waals surface area contributed by atoms with Gasteiger partial charge in [-0.3, -0.25) is 24.0 Å². The average Bonchev–Trinajstić information content (AvgIpc) is 3.68. The van der Waals surface area contributed by atoms with Crippen molar-refractivity contribution in [1.82, 2.24) is 5.32 Å². The van der Waals surface area contributed by atoms with Gasteiger partial charge in [0.15, 0.2) is 29.1 Å². The second-order valence-electron chi connectivity index (χ2n) is 16.1. The number of aliphatic hydroxyl groups excluding tert-OH is 2. The number of anilines is 1. The van der Waals surface area contributed by atoms with Crippen LogP contribution in [-0.4, -0.2) is 99.0 Å². The smallest absolute Gasteiger partial charge is 0.305 e. The highest BCUT2D eigenvalue weighted by molar-refractivity contribution is 8.00. The molecule has 5 N–H and O–H groups in total. The maximum absolute atomic E-state index is 17.7. The van der Waals surface area contributed by atoms with Crippen LogP contribution in [0.1, 0.15) is 57.8 Å². The van der Waals surface area contributed by atoms with E-state index in [-0.39, 0.29) is 50.1 Å². The molecule has 1 aliphatic heterocycles. The first kappa shape index (κ1) is 42.2. The van der Waals surface area contributed by atoms with E-state index in [0.717, 1.165) is 27.6 Å². The molecule has 0 spiro atoms. The quantitative estimate of drug-likeness (QED) is 0.179. The number of hydrogen-bond acceptors (Lipinski definition) is 11. The molecule has 2 aromatic rings. The minimum absolute atomic E-state index is 0.00557. The lowest BCUT2D eigenvalue weighted by Crippen LogP contribution is -2.70. The summed E-state index contributed by atoms with van der Waals surface area (Å²) in [6.45, 7) is 2.42. The normalized spacial score (nSPS) is 35.2. The number of aliphatic carboxylic acids is 1. The molecule has 7 rings (SSSR count). The van der Waals surface area contributed by atoms with Gasteiger partial charge in [-0.25, -0.2) is 8.78 Å². The third-order valence-corrected chi connectivity index (χ3v) is 15.0. The molecule has 11 atom stereocenters. The number of ether oxygens (including phenoxy) is 2. The lowest BCUT2D eigenvalue weighted by Gasteiger charge is -2.63. The zero-order chi connectivity index (χ0) is 41.8. The lowest BCUT2D eigenvalue weighted by atomic mass is 9.44. The summed E-state index contributed by atoms with van der Waals surface area (Å²) in [6.07, 6.45) is -0.591. The van der Waals surface area contributed by atoms with E-state index in [4.69, 9.17) is 14.6 Å². The molecule has 58 heavy (non-hydrogen) atoms. The highest BCUT2D eigenvalue weighted by Gasteiger charge is 2.80. The first-order valence-electron chi connectivity index (χ1n) is 19.1. The van der Waals surface area contributed by atoms with Crippen LogP contribution in [0.15, 0.2) is 82.1 Å². The molecule has 12 nitrogen and oxygen atoms in total. The third kappa shape index (κ3) is 6.92. The van der Waals surface area contributed by atoms with Gasteiger partial charge in [-0.15, -0.1) is 0 Å². The second-order valence-corrected chi connectivity index (χ2v) is 18.3. The van der Waals surface area contributed by atoms with Crippen molar-refractivity contribution >= 4 is 58.6 Å². The molecule has 2 aromatic carbocycles. The van der Waals surface area contributed by atoms with Gasteiger partial charge in [0, 0.05) is 50.8 Å². The Kier molecular flexibility index (Phi) is 11.6. The fourth-order valence-corrected chi connectivity index (χ4v) is 11.7. The number of hydrogen-bond donors (Lipinski definition) is 5. The van der Waals surface area contributed by atoms with Crippen LogP contribution in [0.25, 0.3) is 0 Å². The fourth-order valence-electron chi connectivity index (χ4n) is 10.3. The van der Waals surface area contributed by atoms with E-state index in [1.165, 1.54) is 30.8 Å². The number of alkyl halides is 2. The number of carboxylic acids is 1. The lowest BCUT2D eigenvalue weighted by molar-refractivity contribution is -0.235. The predicted molar refractivity (Wildman–Crippen MR) is 210 cm³/mol. The molecule has 310 valence electrons. The number of Topliss-reactive ketones (excluding diaryl/α,β-unsaturated/α-hetero) is 1. The largest absolute Gasteiger partial charge is 0.481 e. The summed E-state index contributed by atoms with van der Waals surface area (Å²) in [7, 11) is 0. The molecule has 4 aliphatic carbocycles. The Balaban J connectivity index is 1.02. The second kappa shape index (κ2) is 15.9. The molecule has 3 saturated carbocycles. The van der Waals surface area contributed by atoms with E-state index in [1.54, 1.807) is 43.5 Å². The number of fused-ring (bicyclic) bond motifs is 7. The zero-order valence-electron chi connectivity index (χ0n) is 32.1. The molecule has 5 aliphatic rings. The molecule has 4 fully saturated rings. The van der Waals surface area contributed by atoms with Crippen LogP contribution in [-0.2, 0) is 33.4 Å². The SMILES string of the molecule is CSC(CC(=O)O)C(=O)NCCC(=O)Nc1cccc(Sc2ccc([C@@H]3O[C@@H]4C[C@H]5[C@@H]6C[C@H](F)C7=CC(=O)C=C[C@]7(C)[C@@]6(F)[C@@H](O)C[C@]5(C)[C@]4(C(=O)CO)O3)cc2)c1. The van der Waals surface area contributed by atoms with Gasteiger partial charge in [0.2, 0.25) is 11.8 Å². The van der Waals surface area contributed by atoms with E-state index < -0.39 is 93.9 Å². The van der Waals surface area contributed by atoms with E-state index >= 15 is 8.78 Å². The summed E-state index contributed by atoms with van der Waals surface area (Å²) >= 11 is 2.55. The van der Waals surface area contributed by atoms with Gasteiger partial charge in [-0.05, 0) is 86.4 Å². The summed E-state index contributed by atoms with van der Waals surface area (Å²) in [6, 6.07) is 14.4. The Labute approximate surface area is 342 Å². The average molecular weight is 841 g/mol. The molecule has 0 aromatic heterocycles. The molecular weight excluding hydrogens is 795 g/mol. The van der Waals surface area contributed by atoms with Crippen molar-refractivity contribution in [3.05, 3.63) is 77.9 Å². The number of amides is 2. The summed E-state index contributed by atoms with van der Waals surface area (Å²) in [5, 5.41) is 35.7. The Morgan fingerprint density at radius 1 is 1.05 bits per heavy atom. The standard InChI is InChI=1S/C42H46F2N2O10S2/c1-39-13-11-24(48)16-29(39)30(43)17-28-27-18-34-42(33(50)21-47,40(27,2)20-32(49)41(28,39)44)56-38(55-34)22-7-9-25(10-8-22)58-26-6-4-5-23(15-26)46-35(51)12-14-45-37(54)31(57-3)19-36(52)53/h4-11,13,15-16,27-28,30-32,34,38,47,49H,12,14,17-21H2,1-3H3,(H,45,54)(H,46,51)(H,52,53)/t27-,28-,30-,31?,32-,34+,38+,39-,40-,41-,42+/m0/s1. The first-order valence-corrected chi connectivity index (χ1v) is 21.2. The summed E-state index contributed by atoms with van der Waals surface area (Å²) in [5.41, 5.74) is -5.78. The maximum Gasteiger partial charge on any atom is 0.305 e. The van der Waals surface area contributed by atoms with E-state index in [2.05, 4.69) is 10.6 Å². The number of rotatable bonds is 13. The van der Waals surface area contributed by atoms with E-state index in [0.29, 0.717) is 11.3 Å². The molecule has 1 unspecified atom stereocenters. The van der Waals surface area contributed by atoms with Gasteiger partial charge in [0.05, 0.1) is 23.9 Å². The van der Waals surface area contributed by atoms with Gasteiger partial charge in [-0.1, -0.05) is 43.0 Å². The molecule has 1 saturated heterocycles. The highest BCUT2D eigenvalue weighted by Crippen LogP contribution is 2.72. The summed E-state index contributed by atoms with van der Waals surface area (Å²) in [4.78, 5) is 63.5. The molecule has 0 bridgehead atoms. The van der Waals surface area contributed by atoms with Crippen molar-refractivity contribution in [1.29, 1.82) is 0 Å². The number of allylic oxidation sites excluding steroid dienone is 4. The summed E-state index contributed by atoms with van der Waals surface area (Å²) < 4.78 is 46.6. The molecule has 2 amide bonds. The Morgan fingerprint density at radius 2 is 1.79 bits per heavy atom. The summed E-state index contributed by atoms with van der Waals surface area (Å²) in [5.74, 6) is -4.66. The van der Waals surface area contributed by atoms with Crippen LogP contribution in [0, 0.1) is 22.7 Å². The van der Waals surface area contributed by atoms with Crippen LogP contribution in [0.5, 0.6) is 0 Å². The van der Waals surface area contributed by atoms with Crippen LogP contribution in [0.4, 0.5) is 14.5 Å². The van der Waals surface area contributed by atoms with Crippen LogP contribution < -0.4 is 10.6 Å². The number of ketones is 2. The Hall–Kier alpha value is -3.93. The van der Waals surface area contributed by atoms with E-state index in [1.807, 2.05) is 18.2 Å². The van der Waals surface area contributed by atoms with Crippen molar-refractivity contribution in [3.63, 3.8) is 0 Å². The topological polar surface area (TPSA) is 189 Å². The number of carbonyl (C=O) groups excluding carboxylic acids is 4. The monoisotopic (exact) mass is 840 g/mol. The van der Waals surface area contributed by atoms with Gasteiger partial charge in [-0.2, -0.15) is 11.8 Å². The highest BCUT2D eigenvalue weighted by atomic mass is 32.2. The minimum Gasteiger partial charge on any atom is -0.481 e. The molecule has 16 heteroatoms. The van der Waals surface area contributed by atoms with Gasteiger partial charge >= 0.3 is 5.97 Å². The number of benzene rings is 2. The number of aliphatic hydroxyl groups is 2. The van der Waals surface area contributed by atoms with Crippen molar-refractivity contribution in [2.24, 2.45) is 22.7 Å². The number of thioether (sulfide) groups is 1. The number of nitrogens with one attached hydrogen (secondary N) is 2. The Morgan fingerprint density at radius 3 is 2.48 bits per heavy atom. The van der Waals surface area contributed by atoms with Crippen molar-refractivity contribution in [2.45, 2.75) is 96.9 Å². The predicted octanol–water partition coefficient (Wildman–Crippen LogP) is 5.13. The minimum atomic E-state index is -2.34. The van der Waals surface area contributed by atoms with Crippen molar-refractivity contribution in [2.75, 3.05) is 24.7 Å². The van der Waals surface area contributed by atoms with Crippen LogP contribution in [0.3, 0.4) is 0 Å². The molecule has 0 radical (unpaired) electrons. The Bertz CT molecular complexity index is 2070. The zero-order valence-corrected chi connectivity index (χ0v) is 33.7. The number of halogens is 2. The van der Waals surface area contributed by atoms with Gasteiger partial charge < -0.3 is 35.4 Å². The van der Waals surface area contributed by atoms with Crippen LogP contribution in [0.2, 0.25) is 0 Å². The van der Waals surface area contributed by atoms with Gasteiger partial charge in [0.25, 0.3) is 0 Å². The van der Waals surface area contributed by atoms with E-state index in [9.17, 15) is 34.2 Å². The number of carbonyl (C=O) groups is 5. The molecule has 1 heterocycles. The third-order valence-electron chi connectivity index (χ3n) is 13.0. The fraction of sp³-hybridized carbons (Fsp3) is 0.500.